The van der Waals surface area contributed by atoms with Gasteiger partial charge in [0.25, 0.3) is 0 Å². The number of azide groups is 1. The first-order chi connectivity index (χ1) is 6.52. The van der Waals surface area contributed by atoms with Crippen LogP contribution in [0.5, 0.6) is 0 Å². The second-order valence-electron chi connectivity index (χ2n) is 3.09. The second-order valence-corrected chi connectivity index (χ2v) is 3.09. The molecule has 0 aromatic carbocycles. The van der Waals surface area contributed by atoms with Crippen LogP contribution in [0.4, 0.5) is 0 Å². The van der Waals surface area contributed by atoms with Gasteiger partial charge in [0.15, 0.2) is 6.79 Å². The van der Waals surface area contributed by atoms with E-state index in [1.165, 1.54) is 0 Å². The van der Waals surface area contributed by atoms with E-state index in [0.717, 1.165) is 0 Å². The van der Waals surface area contributed by atoms with Crippen molar-refractivity contribution in [3.05, 3.63) is 10.4 Å². The van der Waals surface area contributed by atoms with Gasteiger partial charge >= 0.3 is 5.97 Å². The molecule has 0 aromatic rings. The van der Waals surface area contributed by atoms with Gasteiger partial charge in [-0.05, 0) is 19.4 Å². The average molecular weight is 203 g/mol. The summed E-state index contributed by atoms with van der Waals surface area (Å²) in [4.78, 5) is 13.1. The zero-order valence-corrected chi connectivity index (χ0v) is 8.13. The second kappa shape index (κ2) is 6.20. The Morgan fingerprint density at radius 1 is 1.64 bits per heavy atom. The molecule has 0 heterocycles. The van der Waals surface area contributed by atoms with Crippen LogP contribution in [0, 0.1) is 0 Å². The minimum atomic E-state index is -0.760. The van der Waals surface area contributed by atoms with Gasteiger partial charge in [0.05, 0.1) is 12.1 Å². The first kappa shape index (κ1) is 12.7. The lowest BCUT2D eigenvalue weighted by Gasteiger charge is -2.22. The zero-order chi connectivity index (χ0) is 11.0. The zero-order valence-electron chi connectivity index (χ0n) is 8.13. The minimum Gasteiger partial charge on any atom is -0.437 e. The maximum atomic E-state index is 10.5. The standard InChI is InChI=1S/C7H13N3O4/c1-7(2,4-9-10-8)14-5-13-6(12)3-11/h11H,3-5H2,1-2H3. The Morgan fingerprint density at radius 2 is 2.29 bits per heavy atom. The molecule has 0 spiro atoms. The lowest BCUT2D eigenvalue weighted by molar-refractivity contribution is -0.170. The molecule has 0 saturated carbocycles. The summed E-state index contributed by atoms with van der Waals surface area (Å²) in [5.41, 5.74) is 7.37. The third-order valence-corrected chi connectivity index (χ3v) is 1.31. The molecule has 0 aromatic heterocycles. The summed E-state index contributed by atoms with van der Waals surface area (Å²) < 4.78 is 9.55. The Hall–Kier alpha value is -1.30. The number of aliphatic hydroxyl groups is 1. The fourth-order valence-corrected chi connectivity index (χ4v) is 0.548. The molecule has 0 aliphatic carbocycles. The molecule has 0 atom stereocenters. The van der Waals surface area contributed by atoms with Gasteiger partial charge in [-0.25, -0.2) is 4.79 Å². The SMILES string of the molecule is CC(C)(CN=[N+]=[N-])OCOC(=O)CO. The number of carbonyl (C=O) groups excluding carboxylic acids is 1. The van der Waals surface area contributed by atoms with Crippen LogP contribution < -0.4 is 0 Å². The summed E-state index contributed by atoms with van der Waals surface area (Å²) in [6.07, 6.45) is 0. The molecule has 0 amide bonds. The summed E-state index contributed by atoms with van der Waals surface area (Å²) >= 11 is 0. The third-order valence-electron chi connectivity index (χ3n) is 1.31. The van der Waals surface area contributed by atoms with Crippen LogP contribution in [0.15, 0.2) is 5.11 Å². The summed E-state index contributed by atoms with van der Waals surface area (Å²) in [6.45, 7) is 2.57. The van der Waals surface area contributed by atoms with Crippen LogP contribution in [0.25, 0.3) is 10.4 Å². The Kier molecular flexibility index (Phi) is 5.62. The molecular weight excluding hydrogens is 190 g/mol. The Bertz CT molecular complexity index is 235. The van der Waals surface area contributed by atoms with Crippen molar-refractivity contribution in [2.24, 2.45) is 5.11 Å². The number of carbonyl (C=O) groups is 1. The summed E-state index contributed by atoms with van der Waals surface area (Å²) in [6, 6.07) is 0. The molecule has 0 rings (SSSR count). The molecule has 0 aliphatic rings. The number of nitrogens with zero attached hydrogens (tertiary/aromatic N) is 3. The quantitative estimate of drug-likeness (QED) is 0.224. The first-order valence-corrected chi connectivity index (χ1v) is 3.93. The average Bonchev–Trinajstić information content (AvgIpc) is 2.14. The van der Waals surface area contributed by atoms with E-state index in [4.69, 9.17) is 15.4 Å². The molecule has 7 nitrogen and oxygen atoms in total. The molecule has 80 valence electrons. The number of ether oxygens (including phenoxy) is 2. The van der Waals surface area contributed by atoms with Gasteiger partial charge in [0, 0.05) is 4.91 Å². The molecule has 1 N–H and O–H groups in total. The Balaban J connectivity index is 3.75. The van der Waals surface area contributed by atoms with Crippen molar-refractivity contribution in [3.63, 3.8) is 0 Å². The number of hydrogen-bond acceptors (Lipinski definition) is 5. The van der Waals surface area contributed by atoms with Crippen molar-refractivity contribution in [2.45, 2.75) is 19.4 Å². The highest BCUT2D eigenvalue weighted by Crippen LogP contribution is 2.09. The van der Waals surface area contributed by atoms with Crippen LogP contribution in [-0.2, 0) is 14.3 Å². The maximum Gasteiger partial charge on any atom is 0.333 e. The number of esters is 1. The van der Waals surface area contributed by atoms with E-state index in [0.29, 0.717) is 0 Å². The number of rotatable bonds is 6. The van der Waals surface area contributed by atoms with Crippen molar-refractivity contribution >= 4 is 5.97 Å². The van der Waals surface area contributed by atoms with E-state index in [1.807, 2.05) is 0 Å². The van der Waals surface area contributed by atoms with Crippen molar-refractivity contribution < 1.29 is 19.4 Å². The normalized spacial score (nSPS) is 10.5. The van der Waals surface area contributed by atoms with E-state index in [2.05, 4.69) is 14.8 Å². The van der Waals surface area contributed by atoms with E-state index in [1.54, 1.807) is 13.8 Å². The van der Waals surface area contributed by atoms with E-state index < -0.39 is 18.2 Å². The van der Waals surface area contributed by atoms with Gasteiger partial charge in [-0.1, -0.05) is 5.11 Å². The van der Waals surface area contributed by atoms with Crippen LogP contribution in [-0.4, -0.2) is 36.6 Å². The van der Waals surface area contributed by atoms with Crippen molar-refractivity contribution in [1.29, 1.82) is 0 Å². The van der Waals surface area contributed by atoms with E-state index in [-0.39, 0.29) is 13.3 Å². The van der Waals surface area contributed by atoms with Crippen molar-refractivity contribution in [1.82, 2.24) is 0 Å². The van der Waals surface area contributed by atoms with Gasteiger partial charge in [0.2, 0.25) is 0 Å². The maximum absolute atomic E-state index is 10.5. The predicted octanol–water partition coefficient (Wildman–Crippen LogP) is 0.585. The Labute approximate surface area is 81.2 Å². The lowest BCUT2D eigenvalue weighted by atomic mass is 10.1. The highest BCUT2D eigenvalue weighted by atomic mass is 16.7. The van der Waals surface area contributed by atoms with E-state index in [9.17, 15) is 4.79 Å². The first-order valence-electron chi connectivity index (χ1n) is 3.93. The smallest absolute Gasteiger partial charge is 0.333 e. The van der Waals surface area contributed by atoms with Gasteiger partial charge in [-0.15, -0.1) is 0 Å². The van der Waals surface area contributed by atoms with Gasteiger partial charge < -0.3 is 14.6 Å². The number of hydrogen-bond donors (Lipinski definition) is 1. The fourth-order valence-electron chi connectivity index (χ4n) is 0.548. The molecule has 14 heavy (non-hydrogen) atoms. The van der Waals surface area contributed by atoms with Crippen LogP contribution >= 0.6 is 0 Å². The summed E-state index contributed by atoms with van der Waals surface area (Å²) in [5, 5.41) is 11.6. The highest BCUT2D eigenvalue weighted by molar-refractivity contribution is 5.70. The largest absolute Gasteiger partial charge is 0.437 e. The van der Waals surface area contributed by atoms with Crippen LogP contribution in [0.2, 0.25) is 0 Å². The van der Waals surface area contributed by atoms with Gasteiger partial charge in [-0.2, -0.15) is 0 Å². The monoisotopic (exact) mass is 203 g/mol. The highest BCUT2D eigenvalue weighted by Gasteiger charge is 2.17. The van der Waals surface area contributed by atoms with Gasteiger partial charge in [0.1, 0.15) is 6.61 Å². The predicted molar refractivity (Wildman–Crippen MR) is 47.2 cm³/mol. The molecule has 0 radical (unpaired) electrons. The topological polar surface area (TPSA) is 105 Å². The molecule has 0 aliphatic heterocycles. The van der Waals surface area contributed by atoms with Gasteiger partial charge in [-0.3, -0.25) is 0 Å². The van der Waals surface area contributed by atoms with E-state index >= 15 is 0 Å². The molecule has 0 unspecified atom stereocenters. The summed E-state index contributed by atoms with van der Waals surface area (Å²) in [5.74, 6) is -0.760. The fraction of sp³-hybridized carbons (Fsp3) is 0.857. The lowest BCUT2D eigenvalue weighted by Crippen LogP contribution is -2.30. The number of aliphatic hydroxyl groups excluding tert-OH is 1. The molecule has 0 fully saturated rings. The molecule has 7 heteroatoms. The molecular formula is C7H13N3O4. The van der Waals surface area contributed by atoms with Crippen LogP contribution in [0.3, 0.4) is 0 Å². The molecule has 0 bridgehead atoms. The van der Waals surface area contributed by atoms with Crippen molar-refractivity contribution in [2.75, 3.05) is 19.9 Å². The molecule has 0 saturated heterocycles. The Morgan fingerprint density at radius 3 is 2.79 bits per heavy atom. The summed E-state index contributed by atoms with van der Waals surface area (Å²) in [7, 11) is 0. The van der Waals surface area contributed by atoms with Crippen LogP contribution in [0.1, 0.15) is 13.8 Å². The minimum absolute atomic E-state index is 0.139. The third kappa shape index (κ3) is 6.24. The van der Waals surface area contributed by atoms with Crippen molar-refractivity contribution in [3.8, 4) is 0 Å².